The summed E-state index contributed by atoms with van der Waals surface area (Å²) >= 11 is 1.61. The molecular formula is C14H21N3O2S. The van der Waals surface area contributed by atoms with Crippen molar-refractivity contribution in [2.45, 2.75) is 25.0 Å². The van der Waals surface area contributed by atoms with Gasteiger partial charge in [-0.2, -0.15) is 0 Å². The van der Waals surface area contributed by atoms with Crippen molar-refractivity contribution in [1.29, 1.82) is 0 Å². The summed E-state index contributed by atoms with van der Waals surface area (Å²) in [5.41, 5.74) is 1.91. The van der Waals surface area contributed by atoms with Crippen LogP contribution in [0.3, 0.4) is 0 Å². The lowest BCUT2D eigenvalue weighted by Gasteiger charge is -2.12. The molecule has 1 heterocycles. The average molecular weight is 295 g/mol. The van der Waals surface area contributed by atoms with Gasteiger partial charge >= 0.3 is 0 Å². The van der Waals surface area contributed by atoms with Crippen LogP contribution < -0.4 is 10.1 Å². The van der Waals surface area contributed by atoms with Gasteiger partial charge in [-0.1, -0.05) is 18.7 Å². The van der Waals surface area contributed by atoms with Crippen molar-refractivity contribution in [3.8, 4) is 5.75 Å². The molecule has 20 heavy (non-hydrogen) atoms. The molecular weight excluding hydrogens is 274 g/mol. The topological polar surface area (TPSA) is 70.2 Å². The Bertz CT molecular complexity index is 544. The number of H-pyrrole nitrogens is 1. The first-order valence-electron chi connectivity index (χ1n) is 6.86. The summed E-state index contributed by atoms with van der Waals surface area (Å²) in [6.07, 6.45) is 0. The molecule has 0 saturated heterocycles. The Hall–Kier alpha value is -1.24. The van der Waals surface area contributed by atoms with Gasteiger partial charge in [0, 0.05) is 17.9 Å². The van der Waals surface area contributed by atoms with E-state index >= 15 is 0 Å². The van der Waals surface area contributed by atoms with Crippen molar-refractivity contribution in [1.82, 2.24) is 15.3 Å². The fourth-order valence-electron chi connectivity index (χ4n) is 1.93. The van der Waals surface area contributed by atoms with Gasteiger partial charge in [-0.05, 0) is 25.6 Å². The number of hydrogen-bond donors (Lipinski definition) is 3. The zero-order valence-corrected chi connectivity index (χ0v) is 12.7. The van der Waals surface area contributed by atoms with Crippen LogP contribution in [-0.4, -0.2) is 46.6 Å². The van der Waals surface area contributed by atoms with Gasteiger partial charge in [0.05, 0.1) is 24.2 Å². The molecule has 0 bridgehead atoms. The van der Waals surface area contributed by atoms with Gasteiger partial charge in [0.25, 0.3) is 0 Å². The molecule has 1 unspecified atom stereocenters. The first kappa shape index (κ1) is 15.2. The van der Waals surface area contributed by atoms with Gasteiger partial charge in [0.2, 0.25) is 0 Å². The van der Waals surface area contributed by atoms with Gasteiger partial charge in [0.1, 0.15) is 5.75 Å². The number of ether oxygens (including phenoxy) is 1. The molecule has 0 aliphatic carbocycles. The van der Waals surface area contributed by atoms with E-state index in [0.717, 1.165) is 34.2 Å². The third kappa shape index (κ3) is 3.88. The Balaban J connectivity index is 2.03. The summed E-state index contributed by atoms with van der Waals surface area (Å²) in [7, 11) is 0. The van der Waals surface area contributed by atoms with Crippen LogP contribution in [0.5, 0.6) is 5.75 Å². The maximum absolute atomic E-state index is 9.25. The molecule has 1 atom stereocenters. The molecule has 110 valence electrons. The number of nitrogens with zero attached hydrogens (tertiary/aromatic N) is 1. The summed E-state index contributed by atoms with van der Waals surface area (Å²) in [4.78, 5) is 7.80. The van der Waals surface area contributed by atoms with E-state index in [4.69, 9.17) is 4.74 Å². The third-order valence-electron chi connectivity index (χ3n) is 2.88. The minimum atomic E-state index is 0.0946. The van der Waals surface area contributed by atoms with Crippen LogP contribution in [0.1, 0.15) is 13.8 Å². The van der Waals surface area contributed by atoms with Crippen LogP contribution in [0, 0.1) is 0 Å². The number of aromatic nitrogens is 2. The Morgan fingerprint density at radius 3 is 3.00 bits per heavy atom. The maximum Gasteiger partial charge on any atom is 0.166 e. The van der Waals surface area contributed by atoms with Crippen LogP contribution >= 0.6 is 11.8 Å². The molecule has 0 saturated carbocycles. The molecule has 6 heteroatoms. The highest BCUT2D eigenvalue weighted by molar-refractivity contribution is 7.99. The fourth-order valence-corrected chi connectivity index (χ4v) is 2.86. The average Bonchev–Trinajstić information content (AvgIpc) is 2.86. The molecule has 5 nitrogen and oxygen atoms in total. The molecule has 0 aliphatic rings. The van der Waals surface area contributed by atoms with E-state index in [0.29, 0.717) is 6.61 Å². The smallest absolute Gasteiger partial charge is 0.166 e. The standard InChI is InChI=1S/C14H21N3O2S/c1-3-15-10(8-18)9-20-14-16-12-6-5-11(19-4-2)7-13(12)17-14/h5-7,10,15,18H,3-4,8-9H2,1-2H3,(H,16,17). The van der Waals surface area contributed by atoms with E-state index in [9.17, 15) is 5.11 Å². The number of aliphatic hydroxyl groups is 1. The molecule has 0 fully saturated rings. The third-order valence-corrected chi connectivity index (χ3v) is 3.91. The number of aromatic amines is 1. The number of fused-ring (bicyclic) bond motifs is 1. The quantitative estimate of drug-likeness (QED) is 0.650. The summed E-state index contributed by atoms with van der Waals surface area (Å²) in [5, 5.41) is 13.3. The molecule has 1 aromatic heterocycles. The number of benzene rings is 1. The van der Waals surface area contributed by atoms with E-state index in [1.165, 1.54) is 0 Å². The van der Waals surface area contributed by atoms with Crippen molar-refractivity contribution >= 4 is 22.8 Å². The van der Waals surface area contributed by atoms with Crippen molar-refractivity contribution in [3.05, 3.63) is 18.2 Å². The second kappa shape index (κ2) is 7.52. The summed E-state index contributed by atoms with van der Waals surface area (Å²) in [6, 6.07) is 5.94. The van der Waals surface area contributed by atoms with E-state index < -0.39 is 0 Å². The highest BCUT2D eigenvalue weighted by Crippen LogP contribution is 2.23. The van der Waals surface area contributed by atoms with Crippen LogP contribution in [0.2, 0.25) is 0 Å². The van der Waals surface area contributed by atoms with Crippen molar-refractivity contribution in [2.24, 2.45) is 0 Å². The normalized spacial score (nSPS) is 12.8. The number of hydrogen-bond acceptors (Lipinski definition) is 5. The van der Waals surface area contributed by atoms with Crippen molar-refractivity contribution in [2.75, 3.05) is 25.5 Å². The van der Waals surface area contributed by atoms with Gasteiger partial charge in [0.15, 0.2) is 5.16 Å². The summed E-state index contributed by atoms with van der Waals surface area (Å²) in [5.74, 6) is 1.63. The van der Waals surface area contributed by atoms with Crippen molar-refractivity contribution < 1.29 is 9.84 Å². The van der Waals surface area contributed by atoms with Crippen LogP contribution in [0.4, 0.5) is 0 Å². The van der Waals surface area contributed by atoms with E-state index in [1.807, 2.05) is 32.0 Å². The lowest BCUT2D eigenvalue weighted by Crippen LogP contribution is -2.34. The predicted octanol–water partition coefficient (Wildman–Crippen LogP) is 2.02. The molecule has 0 amide bonds. The Kier molecular flexibility index (Phi) is 5.70. The SMILES string of the molecule is CCNC(CO)CSc1nc2ccc(OCC)cc2[nH]1. The highest BCUT2D eigenvalue weighted by Gasteiger charge is 2.09. The second-order valence-electron chi connectivity index (χ2n) is 4.40. The van der Waals surface area contributed by atoms with Crippen LogP contribution in [-0.2, 0) is 0 Å². The minimum absolute atomic E-state index is 0.0946. The fraction of sp³-hybridized carbons (Fsp3) is 0.500. The predicted molar refractivity (Wildman–Crippen MR) is 82.5 cm³/mol. The second-order valence-corrected chi connectivity index (χ2v) is 5.41. The molecule has 0 aliphatic heterocycles. The highest BCUT2D eigenvalue weighted by atomic mass is 32.2. The van der Waals surface area contributed by atoms with Gasteiger partial charge in [-0.15, -0.1) is 0 Å². The van der Waals surface area contributed by atoms with E-state index in [1.54, 1.807) is 11.8 Å². The van der Waals surface area contributed by atoms with Crippen molar-refractivity contribution in [3.63, 3.8) is 0 Å². The minimum Gasteiger partial charge on any atom is -0.494 e. The number of imidazole rings is 1. The zero-order chi connectivity index (χ0) is 14.4. The summed E-state index contributed by atoms with van der Waals surface area (Å²) < 4.78 is 5.47. The number of rotatable bonds is 8. The number of aliphatic hydroxyl groups excluding tert-OH is 1. The molecule has 0 spiro atoms. The number of likely N-dealkylation sites (N-methyl/N-ethyl adjacent to an activating group) is 1. The molecule has 1 aromatic carbocycles. The monoisotopic (exact) mass is 295 g/mol. The Morgan fingerprint density at radius 1 is 1.45 bits per heavy atom. The first-order chi connectivity index (χ1) is 9.76. The molecule has 2 rings (SSSR count). The maximum atomic E-state index is 9.25. The molecule has 2 aromatic rings. The molecule has 3 N–H and O–H groups in total. The van der Waals surface area contributed by atoms with E-state index in [2.05, 4.69) is 15.3 Å². The zero-order valence-electron chi connectivity index (χ0n) is 11.8. The Morgan fingerprint density at radius 2 is 2.30 bits per heavy atom. The van der Waals surface area contributed by atoms with Crippen LogP contribution in [0.15, 0.2) is 23.4 Å². The number of thioether (sulfide) groups is 1. The van der Waals surface area contributed by atoms with Gasteiger partial charge < -0.3 is 20.1 Å². The summed E-state index contributed by atoms with van der Waals surface area (Å²) in [6.45, 7) is 5.64. The van der Waals surface area contributed by atoms with E-state index in [-0.39, 0.29) is 12.6 Å². The van der Waals surface area contributed by atoms with Gasteiger partial charge in [-0.3, -0.25) is 0 Å². The lowest BCUT2D eigenvalue weighted by molar-refractivity contribution is 0.255. The van der Waals surface area contributed by atoms with Crippen LogP contribution in [0.25, 0.3) is 11.0 Å². The lowest BCUT2D eigenvalue weighted by atomic mass is 10.3. The Labute approximate surface area is 123 Å². The van der Waals surface area contributed by atoms with Gasteiger partial charge in [-0.25, -0.2) is 4.98 Å². The largest absolute Gasteiger partial charge is 0.494 e. The first-order valence-corrected chi connectivity index (χ1v) is 7.85. The number of nitrogens with one attached hydrogen (secondary N) is 2. The molecule has 0 radical (unpaired) electrons.